The number of urea groups is 1. The van der Waals surface area contributed by atoms with Gasteiger partial charge in [0.05, 0.1) is 16.1 Å². The van der Waals surface area contributed by atoms with Crippen LogP contribution in [0.25, 0.3) is 0 Å². The quantitative estimate of drug-likeness (QED) is 0.492. The fraction of sp³-hybridized carbons (Fsp3) is 0.0909. The zero-order valence-corrected chi connectivity index (χ0v) is 17.9. The lowest BCUT2D eigenvalue weighted by Gasteiger charge is -2.12. The predicted molar refractivity (Wildman–Crippen MR) is 121 cm³/mol. The van der Waals surface area contributed by atoms with Gasteiger partial charge in [0, 0.05) is 17.3 Å². The van der Waals surface area contributed by atoms with Crippen molar-refractivity contribution < 1.29 is 13.2 Å². The summed E-state index contributed by atoms with van der Waals surface area (Å²) in [6.45, 7) is 0.218. The number of halogens is 1. The van der Waals surface area contributed by atoms with E-state index in [1.165, 1.54) is 18.2 Å². The number of carbonyl (C=O) groups is 1. The fourth-order valence-corrected chi connectivity index (χ4v) is 4.12. The van der Waals surface area contributed by atoms with E-state index >= 15 is 0 Å². The lowest BCUT2D eigenvalue weighted by molar-refractivity contribution is 0.252. The molecule has 3 aromatic carbocycles. The molecular weight excluding hydrogens is 436 g/mol. The Bertz CT molecular complexity index is 1230. The van der Waals surface area contributed by atoms with Crippen LogP contribution in [0.2, 0.25) is 5.02 Å². The van der Waals surface area contributed by atoms with Crippen LogP contribution in [0.3, 0.4) is 0 Å². The van der Waals surface area contributed by atoms with Gasteiger partial charge in [0.1, 0.15) is 6.07 Å². The molecule has 3 aromatic rings. The maximum absolute atomic E-state index is 12.7. The molecule has 0 aliphatic heterocycles. The molecule has 0 saturated carbocycles. The Labute approximate surface area is 185 Å². The summed E-state index contributed by atoms with van der Waals surface area (Å²) in [6, 6.07) is 21.2. The van der Waals surface area contributed by atoms with Crippen molar-refractivity contribution in [2.75, 3.05) is 16.6 Å². The minimum Gasteiger partial charge on any atom is -0.338 e. The average molecular weight is 455 g/mol. The smallest absolute Gasteiger partial charge is 0.319 e. The summed E-state index contributed by atoms with van der Waals surface area (Å²) >= 11 is 6.21. The fourth-order valence-electron chi connectivity index (χ4n) is 2.80. The van der Waals surface area contributed by atoms with Crippen LogP contribution in [0.1, 0.15) is 11.1 Å². The van der Waals surface area contributed by atoms with Gasteiger partial charge in [0.15, 0.2) is 0 Å². The summed E-state index contributed by atoms with van der Waals surface area (Å²) < 4.78 is 27.8. The van der Waals surface area contributed by atoms with Crippen molar-refractivity contribution >= 4 is 39.0 Å². The van der Waals surface area contributed by atoms with E-state index in [9.17, 15) is 13.2 Å². The van der Waals surface area contributed by atoms with Crippen LogP contribution in [-0.2, 0) is 16.4 Å². The van der Waals surface area contributed by atoms with E-state index in [0.717, 1.165) is 0 Å². The summed E-state index contributed by atoms with van der Waals surface area (Å²) in [5.74, 6) is 0. The van der Waals surface area contributed by atoms with Gasteiger partial charge in [-0.2, -0.15) is 5.26 Å². The van der Waals surface area contributed by atoms with Crippen LogP contribution >= 0.6 is 11.6 Å². The van der Waals surface area contributed by atoms with Gasteiger partial charge >= 0.3 is 6.03 Å². The molecule has 3 rings (SSSR count). The first kappa shape index (κ1) is 22.2. The molecule has 158 valence electrons. The molecule has 31 heavy (non-hydrogen) atoms. The summed E-state index contributed by atoms with van der Waals surface area (Å²) in [7, 11) is -3.78. The lowest BCUT2D eigenvalue weighted by atomic mass is 10.1. The third-order valence-corrected chi connectivity index (χ3v) is 6.08. The number of nitriles is 1. The van der Waals surface area contributed by atoms with E-state index in [1.54, 1.807) is 54.6 Å². The molecule has 0 spiro atoms. The van der Waals surface area contributed by atoms with Crippen molar-refractivity contribution in [3.05, 3.63) is 88.9 Å². The van der Waals surface area contributed by atoms with Crippen LogP contribution in [0.4, 0.5) is 16.2 Å². The first-order valence-electron chi connectivity index (χ1n) is 9.29. The van der Waals surface area contributed by atoms with Gasteiger partial charge in [-0.25, -0.2) is 13.2 Å². The molecule has 2 amide bonds. The molecule has 0 aliphatic carbocycles. The number of hydrogen-bond donors (Lipinski definition) is 3. The number of amides is 2. The molecule has 0 aromatic heterocycles. The first-order valence-corrected chi connectivity index (χ1v) is 11.2. The van der Waals surface area contributed by atoms with Gasteiger partial charge in [0.2, 0.25) is 0 Å². The largest absolute Gasteiger partial charge is 0.338 e. The molecule has 0 radical (unpaired) electrons. The second kappa shape index (κ2) is 9.98. The Hall–Kier alpha value is -3.54. The van der Waals surface area contributed by atoms with E-state index in [1.807, 2.05) is 6.07 Å². The SMILES string of the molecule is N#Cc1ccccc1NC(=O)NCCc1cc(S(=O)(=O)Nc2ccccc2)ccc1Cl. The molecule has 0 aliphatic rings. The molecule has 0 bridgehead atoms. The molecule has 0 unspecified atom stereocenters. The number of sulfonamides is 1. The third-order valence-electron chi connectivity index (χ3n) is 4.33. The normalized spacial score (nSPS) is 10.7. The Morgan fingerprint density at radius 1 is 1.00 bits per heavy atom. The zero-order valence-electron chi connectivity index (χ0n) is 16.3. The maximum atomic E-state index is 12.7. The van der Waals surface area contributed by atoms with Gasteiger partial charge in [-0.15, -0.1) is 0 Å². The Kier molecular flexibility index (Phi) is 7.13. The van der Waals surface area contributed by atoms with Gasteiger partial charge < -0.3 is 10.6 Å². The van der Waals surface area contributed by atoms with E-state index in [4.69, 9.17) is 16.9 Å². The van der Waals surface area contributed by atoms with Crippen molar-refractivity contribution in [1.29, 1.82) is 5.26 Å². The summed E-state index contributed by atoms with van der Waals surface area (Å²) in [4.78, 5) is 12.2. The highest BCUT2D eigenvalue weighted by molar-refractivity contribution is 7.92. The molecule has 3 N–H and O–H groups in total. The Balaban J connectivity index is 1.63. The van der Waals surface area contributed by atoms with Crippen LogP contribution < -0.4 is 15.4 Å². The van der Waals surface area contributed by atoms with Crippen molar-refractivity contribution in [3.8, 4) is 6.07 Å². The number of anilines is 2. The zero-order chi connectivity index (χ0) is 22.3. The van der Waals surface area contributed by atoms with Gasteiger partial charge in [-0.05, 0) is 54.4 Å². The Morgan fingerprint density at radius 2 is 1.71 bits per heavy atom. The van der Waals surface area contributed by atoms with Crippen molar-refractivity contribution in [2.45, 2.75) is 11.3 Å². The van der Waals surface area contributed by atoms with Crippen LogP contribution in [0.15, 0.2) is 77.7 Å². The average Bonchev–Trinajstić information content (AvgIpc) is 2.75. The number of rotatable bonds is 7. The number of hydrogen-bond acceptors (Lipinski definition) is 4. The van der Waals surface area contributed by atoms with Crippen molar-refractivity contribution in [2.24, 2.45) is 0 Å². The highest BCUT2D eigenvalue weighted by atomic mass is 35.5. The second-order valence-electron chi connectivity index (χ2n) is 6.51. The first-order chi connectivity index (χ1) is 14.9. The van der Waals surface area contributed by atoms with Crippen LogP contribution in [-0.4, -0.2) is 21.0 Å². The number of nitrogens with one attached hydrogen (secondary N) is 3. The summed E-state index contributed by atoms with van der Waals surface area (Å²) in [6.07, 6.45) is 0.320. The number of nitrogens with zero attached hydrogens (tertiary/aromatic N) is 1. The highest BCUT2D eigenvalue weighted by Gasteiger charge is 2.16. The van der Waals surface area contributed by atoms with E-state index in [0.29, 0.717) is 33.9 Å². The molecule has 0 fully saturated rings. The lowest BCUT2D eigenvalue weighted by Crippen LogP contribution is -2.30. The maximum Gasteiger partial charge on any atom is 0.319 e. The van der Waals surface area contributed by atoms with Crippen molar-refractivity contribution in [3.63, 3.8) is 0 Å². The van der Waals surface area contributed by atoms with E-state index < -0.39 is 16.1 Å². The molecule has 0 heterocycles. The number of benzene rings is 3. The van der Waals surface area contributed by atoms with Crippen molar-refractivity contribution in [1.82, 2.24) is 5.32 Å². The molecular formula is C22H19ClN4O3S. The number of para-hydroxylation sites is 2. The minimum atomic E-state index is -3.78. The summed E-state index contributed by atoms with van der Waals surface area (Å²) in [5, 5.41) is 14.8. The minimum absolute atomic E-state index is 0.0724. The predicted octanol–water partition coefficient (Wildman–Crippen LogP) is 4.38. The molecule has 0 atom stereocenters. The van der Waals surface area contributed by atoms with Gasteiger partial charge in [-0.3, -0.25) is 4.72 Å². The molecule has 9 heteroatoms. The van der Waals surface area contributed by atoms with Gasteiger partial charge in [-0.1, -0.05) is 41.9 Å². The standard InChI is InChI=1S/C22H19ClN4O3S/c23-20-11-10-19(31(29,30)27-18-7-2-1-3-8-18)14-16(20)12-13-25-22(28)26-21-9-5-4-6-17(21)15-24/h1-11,14,27H,12-13H2,(H2,25,26,28). The van der Waals surface area contributed by atoms with Crippen LogP contribution in [0, 0.1) is 11.3 Å². The molecule has 0 saturated heterocycles. The summed E-state index contributed by atoms with van der Waals surface area (Å²) in [5.41, 5.74) is 1.79. The Morgan fingerprint density at radius 3 is 2.45 bits per heavy atom. The van der Waals surface area contributed by atoms with E-state index in [-0.39, 0.29) is 11.4 Å². The topological polar surface area (TPSA) is 111 Å². The van der Waals surface area contributed by atoms with Gasteiger partial charge in [0.25, 0.3) is 10.0 Å². The molecule has 7 nitrogen and oxygen atoms in total. The van der Waals surface area contributed by atoms with Crippen LogP contribution in [0.5, 0.6) is 0 Å². The number of carbonyl (C=O) groups excluding carboxylic acids is 1. The monoisotopic (exact) mass is 454 g/mol. The second-order valence-corrected chi connectivity index (χ2v) is 8.60. The van der Waals surface area contributed by atoms with E-state index in [2.05, 4.69) is 15.4 Å². The highest BCUT2D eigenvalue weighted by Crippen LogP contribution is 2.23. The third kappa shape index (κ3) is 5.98.